The van der Waals surface area contributed by atoms with Crippen LogP contribution in [0.1, 0.15) is 6.92 Å². The molecule has 2 radical (unpaired) electrons. The minimum Gasteiger partial charge on any atom is -0.365 e. The van der Waals surface area contributed by atoms with E-state index in [1.807, 2.05) is 18.7 Å². The molecule has 0 bridgehead atoms. The zero-order chi connectivity index (χ0) is 5.82. The lowest BCUT2D eigenvalue weighted by Gasteiger charge is -1.90. The second kappa shape index (κ2) is 2.67. The van der Waals surface area contributed by atoms with Crippen LogP contribution in [0.15, 0.2) is 18.7 Å². The van der Waals surface area contributed by atoms with Crippen LogP contribution in [0.2, 0.25) is 6.04 Å². The maximum atomic E-state index is 3.91. The largest absolute Gasteiger partial charge is 0.365 e. The van der Waals surface area contributed by atoms with Gasteiger partial charge in [0.25, 0.3) is 0 Å². The summed E-state index contributed by atoms with van der Waals surface area (Å²) in [6.07, 6.45) is 5.65. The molecule has 0 saturated heterocycles. The van der Waals surface area contributed by atoms with Crippen molar-refractivity contribution >= 4 is 9.68 Å². The Balaban J connectivity index is 2.50. The predicted octanol–water partition coefficient (Wildman–Crippen LogP) is 0.789. The van der Waals surface area contributed by atoms with Gasteiger partial charge in [-0.05, 0) is 6.04 Å². The van der Waals surface area contributed by atoms with Crippen molar-refractivity contribution in [2.45, 2.75) is 13.0 Å². The van der Waals surface area contributed by atoms with Gasteiger partial charge in [0.15, 0.2) is 9.68 Å². The van der Waals surface area contributed by atoms with Crippen molar-refractivity contribution in [3.05, 3.63) is 18.7 Å². The van der Waals surface area contributed by atoms with Gasteiger partial charge >= 0.3 is 0 Å². The van der Waals surface area contributed by atoms with Crippen LogP contribution in [-0.2, 0) is 0 Å². The maximum absolute atomic E-state index is 3.91. The minimum atomic E-state index is 0.866. The molecule has 0 atom stereocenters. The standard InChI is InChI=1S/C5H8N2Si/c1-2-8-7-4-3-6-5-7/h3-5H,2H2,1H3. The van der Waals surface area contributed by atoms with Crippen molar-refractivity contribution in [2.75, 3.05) is 0 Å². The molecular weight excluding hydrogens is 116 g/mol. The first kappa shape index (κ1) is 5.56. The van der Waals surface area contributed by atoms with Crippen LogP contribution in [0.5, 0.6) is 0 Å². The molecule has 0 aromatic carbocycles. The van der Waals surface area contributed by atoms with Gasteiger partial charge < -0.3 is 4.23 Å². The minimum absolute atomic E-state index is 0.866. The predicted molar refractivity (Wildman–Crippen MR) is 33.9 cm³/mol. The Morgan fingerprint density at radius 2 is 2.62 bits per heavy atom. The maximum Gasteiger partial charge on any atom is 0.187 e. The quantitative estimate of drug-likeness (QED) is 0.533. The molecule has 1 heterocycles. The number of hydrogen-bond donors (Lipinski definition) is 0. The van der Waals surface area contributed by atoms with E-state index < -0.39 is 0 Å². The van der Waals surface area contributed by atoms with Crippen molar-refractivity contribution in [1.29, 1.82) is 0 Å². The molecule has 1 aromatic rings. The Morgan fingerprint density at radius 1 is 1.75 bits per heavy atom. The number of rotatable bonds is 2. The summed E-state index contributed by atoms with van der Waals surface area (Å²) >= 11 is 0. The smallest absolute Gasteiger partial charge is 0.187 e. The molecule has 1 rings (SSSR count). The second-order valence-corrected chi connectivity index (χ2v) is 3.02. The summed E-state index contributed by atoms with van der Waals surface area (Å²) in [6, 6.07) is 1.20. The summed E-state index contributed by atoms with van der Waals surface area (Å²) in [6.45, 7) is 2.17. The Bertz CT molecular complexity index is 136. The number of nitrogens with zero attached hydrogens (tertiary/aromatic N) is 2. The van der Waals surface area contributed by atoms with Crippen LogP contribution in [0.4, 0.5) is 0 Å². The molecule has 3 heteroatoms. The van der Waals surface area contributed by atoms with Crippen LogP contribution in [0.25, 0.3) is 0 Å². The normalized spacial score (nSPS) is 9.62. The van der Waals surface area contributed by atoms with Crippen molar-refractivity contribution in [3.63, 3.8) is 0 Å². The van der Waals surface area contributed by atoms with Crippen molar-refractivity contribution < 1.29 is 0 Å². The van der Waals surface area contributed by atoms with E-state index in [0.29, 0.717) is 0 Å². The summed E-state index contributed by atoms with van der Waals surface area (Å²) in [7, 11) is 0.866. The SMILES string of the molecule is CC[Si]n1ccnc1. The molecule has 42 valence electrons. The Hall–Kier alpha value is -0.573. The van der Waals surface area contributed by atoms with Crippen LogP contribution >= 0.6 is 0 Å². The lowest BCUT2D eigenvalue weighted by molar-refractivity contribution is 1.16. The van der Waals surface area contributed by atoms with E-state index in [2.05, 4.69) is 16.1 Å². The molecule has 0 amide bonds. The summed E-state index contributed by atoms with van der Waals surface area (Å²) in [4.78, 5) is 3.91. The van der Waals surface area contributed by atoms with E-state index in [4.69, 9.17) is 0 Å². The van der Waals surface area contributed by atoms with Gasteiger partial charge in [-0.1, -0.05) is 6.92 Å². The third-order valence-corrected chi connectivity index (χ3v) is 1.79. The number of aromatic nitrogens is 2. The van der Waals surface area contributed by atoms with E-state index in [-0.39, 0.29) is 0 Å². The lowest BCUT2D eigenvalue weighted by atomic mass is 11.0. The average molecular weight is 124 g/mol. The van der Waals surface area contributed by atoms with Crippen LogP contribution < -0.4 is 0 Å². The van der Waals surface area contributed by atoms with Gasteiger partial charge in [-0.15, -0.1) is 0 Å². The highest BCUT2D eigenvalue weighted by Gasteiger charge is 1.84. The molecule has 0 spiro atoms. The third-order valence-electron chi connectivity index (χ3n) is 0.845. The molecule has 0 N–H and O–H groups in total. The Morgan fingerprint density at radius 3 is 3.12 bits per heavy atom. The topological polar surface area (TPSA) is 17.8 Å². The van der Waals surface area contributed by atoms with E-state index in [1.54, 1.807) is 0 Å². The van der Waals surface area contributed by atoms with Gasteiger partial charge in [0.05, 0.1) is 6.33 Å². The summed E-state index contributed by atoms with van der Waals surface area (Å²) < 4.78 is 2.10. The first-order valence-electron chi connectivity index (χ1n) is 2.65. The Labute approximate surface area is 51.5 Å². The lowest BCUT2D eigenvalue weighted by Crippen LogP contribution is -1.99. The first-order valence-corrected chi connectivity index (χ1v) is 3.80. The highest BCUT2D eigenvalue weighted by atomic mass is 28.2. The fraction of sp³-hybridized carbons (Fsp3) is 0.400. The zero-order valence-electron chi connectivity index (χ0n) is 4.83. The second-order valence-electron chi connectivity index (χ2n) is 1.48. The van der Waals surface area contributed by atoms with Crippen molar-refractivity contribution in [3.8, 4) is 0 Å². The monoisotopic (exact) mass is 124 g/mol. The van der Waals surface area contributed by atoms with E-state index >= 15 is 0 Å². The molecule has 2 nitrogen and oxygen atoms in total. The van der Waals surface area contributed by atoms with Crippen LogP contribution in [-0.4, -0.2) is 18.9 Å². The van der Waals surface area contributed by atoms with E-state index in [0.717, 1.165) is 9.68 Å². The van der Waals surface area contributed by atoms with Gasteiger partial charge in [0, 0.05) is 12.4 Å². The fourth-order valence-corrected chi connectivity index (χ4v) is 1.22. The van der Waals surface area contributed by atoms with Crippen molar-refractivity contribution in [1.82, 2.24) is 9.22 Å². The summed E-state index contributed by atoms with van der Waals surface area (Å²) in [5.74, 6) is 0. The average Bonchev–Trinajstić information content (AvgIpc) is 2.19. The molecule has 8 heavy (non-hydrogen) atoms. The van der Waals surface area contributed by atoms with E-state index in [9.17, 15) is 0 Å². The first-order chi connectivity index (χ1) is 3.93. The van der Waals surface area contributed by atoms with Crippen LogP contribution in [0, 0.1) is 0 Å². The highest BCUT2D eigenvalue weighted by molar-refractivity contribution is 6.33. The summed E-state index contributed by atoms with van der Waals surface area (Å²) in [5, 5.41) is 0. The fourth-order valence-electron chi connectivity index (χ4n) is 0.535. The van der Waals surface area contributed by atoms with Gasteiger partial charge in [-0.25, -0.2) is 4.98 Å². The van der Waals surface area contributed by atoms with Crippen LogP contribution in [0.3, 0.4) is 0 Å². The molecule has 0 aliphatic rings. The molecule has 0 unspecified atom stereocenters. The highest BCUT2D eigenvalue weighted by Crippen LogP contribution is 1.82. The van der Waals surface area contributed by atoms with Gasteiger partial charge in [0.2, 0.25) is 0 Å². The van der Waals surface area contributed by atoms with Gasteiger partial charge in [0.1, 0.15) is 0 Å². The van der Waals surface area contributed by atoms with E-state index in [1.165, 1.54) is 6.04 Å². The van der Waals surface area contributed by atoms with Gasteiger partial charge in [-0.3, -0.25) is 0 Å². The van der Waals surface area contributed by atoms with Crippen molar-refractivity contribution in [2.24, 2.45) is 0 Å². The summed E-state index contributed by atoms with van der Waals surface area (Å²) in [5.41, 5.74) is 0. The molecule has 0 fully saturated rings. The molecular formula is C5H8N2Si. The molecule has 1 aromatic heterocycles. The molecule has 0 aliphatic carbocycles. The molecule has 0 aliphatic heterocycles. The van der Waals surface area contributed by atoms with Gasteiger partial charge in [-0.2, -0.15) is 0 Å². The molecule has 0 saturated carbocycles. The number of imidazole rings is 1. The zero-order valence-corrected chi connectivity index (χ0v) is 5.83. The third kappa shape index (κ3) is 1.20. The number of hydrogen-bond acceptors (Lipinski definition) is 1. The Kier molecular flexibility index (Phi) is 1.85.